The van der Waals surface area contributed by atoms with Crippen molar-refractivity contribution in [3.63, 3.8) is 0 Å². The monoisotopic (exact) mass is 159 g/mol. The predicted octanol–water partition coefficient (Wildman–Crippen LogP) is 3.06. The van der Waals surface area contributed by atoms with E-state index in [1.807, 2.05) is 20.9 Å². The second kappa shape index (κ2) is 12.6. The van der Waals surface area contributed by atoms with Crippen LogP contribution in [0.2, 0.25) is 0 Å². The Balaban J connectivity index is 0. The lowest BCUT2D eigenvalue weighted by molar-refractivity contribution is 0.445. The van der Waals surface area contributed by atoms with Gasteiger partial charge in [-0.2, -0.15) is 0 Å². The third kappa shape index (κ3) is 9.96. The molecule has 1 heteroatoms. The highest BCUT2D eigenvalue weighted by molar-refractivity contribution is 4.57. The number of hydrogen-bond acceptors (Lipinski definition) is 1. The first kappa shape index (κ1) is 13.5. The minimum absolute atomic E-state index is 0.903. The molecule has 0 aliphatic rings. The van der Waals surface area contributed by atoms with Crippen molar-refractivity contribution in [1.29, 1.82) is 0 Å². The van der Waals surface area contributed by atoms with Crippen molar-refractivity contribution >= 4 is 0 Å². The molecule has 0 saturated heterocycles. The molecule has 1 nitrogen and oxygen atoms in total. The Morgan fingerprint density at radius 1 is 1.18 bits per heavy atom. The maximum absolute atomic E-state index is 3.20. The Kier molecular flexibility index (Phi) is 15.5. The molecule has 0 fully saturated rings. The minimum Gasteiger partial charge on any atom is -0.319 e. The summed E-state index contributed by atoms with van der Waals surface area (Å²) in [6, 6.07) is 0. The molecule has 1 unspecified atom stereocenters. The molecule has 0 radical (unpaired) electrons. The zero-order valence-corrected chi connectivity index (χ0v) is 8.91. The fourth-order valence-corrected chi connectivity index (χ4v) is 1.15. The summed E-state index contributed by atoms with van der Waals surface area (Å²) in [5.41, 5.74) is 0. The van der Waals surface area contributed by atoms with E-state index in [-0.39, 0.29) is 0 Å². The topological polar surface area (TPSA) is 12.0 Å². The van der Waals surface area contributed by atoms with Gasteiger partial charge in [-0.15, -0.1) is 0 Å². The maximum atomic E-state index is 3.20. The van der Waals surface area contributed by atoms with Gasteiger partial charge in [-0.1, -0.05) is 40.5 Å². The van der Waals surface area contributed by atoms with Crippen LogP contribution in [0.1, 0.15) is 47.0 Å². The normalized spacial score (nSPS) is 11.7. The summed E-state index contributed by atoms with van der Waals surface area (Å²) in [6.07, 6.45) is 4.01. The quantitative estimate of drug-likeness (QED) is 0.650. The van der Waals surface area contributed by atoms with Crippen LogP contribution in [0.5, 0.6) is 0 Å². The summed E-state index contributed by atoms with van der Waals surface area (Å²) >= 11 is 0. The van der Waals surface area contributed by atoms with Crippen molar-refractivity contribution in [2.75, 3.05) is 13.6 Å². The first-order chi connectivity index (χ1) is 5.35. The fraction of sp³-hybridized carbons (Fsp3) is 1.00. The molecule has 0 saturated carbocycles. The SMILES string of the molecule is CC.CCCC(CC)CNC. The second-order valence-electron chi connectivity index (χ2n) is 2.62. The fourth-order valence-electron chi connectivity index (χ4n) is 1.15. The van der Waals surface area contributed by atoms with Crippen LogP contribution in [0.15, 0.2) is 0 Å². The van der Waals surface area contributed by atoms with Crippen LogP contribution in [0.3, 0.4) is 0 Å². The van der Waals surface area contributed by atoms with Crippen molar-refractivity contribution in [2.45, 2.75) is 47.0 Å². The molecule has 0 aromatic carbocycles. The van der Waals surface area contributed by atoms with E-state index in [0.29, 0.717) is 0 Å². The summed E-state index contributed by atoms with van der Waals surface area (Å²) < 4.78 is 0. The molecule has 0 amide bonds. The van der Waals surface area contributed by atoms with Crippen molar-refractivity contribution in [3.05, 3.63) is 0 Å². The third-order valence-electron chi connectivity index (χ3n) is 1.77. The van der Waals surface area contributed by atoms with Gasteiger partial charge in [-0.3, -0.25) is 0 Å². The standard InChI is InChI=1S/C8H19N.C2H6/c1-4-6-8(5-2)7-9-3;1-2/h8-9H,4-7H2,1-3H3;1-2H3. The summed E-state index contributed by atoms with van der Waals surface area (Å²) in [6.45, 7) is 9.69. The Morgan fingerprint density at radius 3 is 2.00 bits per heavy atom. The lowest BCUT2D eigenvalue weighted by Gasteiger charge is -2.11. The van der Waals surface area contributed by atoms with E-state index in [2.05, 4.69) is 19.2 Å². The van der Waals surface area contributed by atoms with Gasteiger partial charge in [-0.25, -0.2) is 0 Å². The average Bonchev–Trinajstić information content (AvgIpc) is 2.08. The summed E-state index contributed by atoms with van der Waals surface area (Å²) in [5.74, 6) is 0.903. The first-order valence-corrected chi connectivity index (χ1v) is 4.99. The van der Waals surface area contributed by atoms with E-state index in [0.717, 1.165) is 5.92 Å². The highest BCUT2D eigenvalue weighted by Gasteiger charge is 2.01. The zero-order chi connectivity index (χ0) is 9.11. The molecule has 1 N–H and O–H groups in total. The van der Waals surface area contributed by atoms with Crippen molar-refractivity contribution in [1.82, 2.24) is 5.32 Å². The summed E-state index contributed by atoms with van der Waals surface area (Å²) in [5, 5.41) is 3.20. The molecule has 1 atom stereocenters. The minimum atomic E-state index is 0.903. The molecular weight excluding hydrogens is 134 g/mol. The van der Waals surface area contributed by atoms with Gasteiger partial charge >= 0.3 is 0 Å². The largest absolute Gasteiger partial charge is 0.319 e. The van der Waals surface area contributed by atoms with Gasteiger partial charge in [0.2, 0.25) is 0 Å². The molecule has 0 heterocycles. The molecule has 0 bridgehead atoms. The van der Waals surface area contributed by atoms with E-state index >= 15 is 0 Å². The van der Waals surface area contributed by atoms with Gasteiger partial charge in [0.15, 0.2) is 0 Å². The van der Waals surface area contributed by atoms with Gasteiger partial charge in [0.05, 0.1) is 0 Å². The van der Waals surface area contributed by atoms with Crippen LogP contribution in [0.25, 0.3) is 0 Å². The van der Waals surface area contributed by atoms with E-state index in [1.165, 1.54) is 25.8 Å². The molecule has 70 valence electrons. The lowest BCUT2D eigenvalue weighted by Crippen LogP contribution is -2.17. The van der Waals surface area contributed by atoms with Crippen molar-refractivity contribution < 1.29 is 0 Å². The van der Waals surface area contributed by atoms with E-state index in [4.69, 9.17) is 0 Å². The van der Waals surface area contributed by atoms with Gasteiger partial charge in [0, 0.05) is 0 Å². The Morgan fingerprint density at radius 2 is 1.73 bits per heavy atom. The number of rotatable bonds is 5. The van der Waals surface area contributed by atoms with Crippen LogP contribution in [0, 0.1) is 5.92 Å². The molecular formula is C10H25N. The third-order valence-corrected chi connectivity index (χ3v) is 1.77. The summed E-state index contributed by atoms with van der Waals surface area (Å²) in [7, 11) is 2.03. The van der Waals surface area contributed by atoms with E-state index in [1.54, 1.807) is 0 Å². The molecule has 0 rings (SSSR count). The molecule has 0 aromatic rings. The highest BCUT2D eigenvalue weighted by atomic mass is 14.8. The molecule has 0 spiro atoms. The molecule has 0 aliphatic carbocycles. The van der Waals surface area contributed by atoms with Crippen LogP contribution < -0.4 is 5.32 Å². The smallest absolute Gasteiger partial charge is 0.00236 e. The van der Waals surface area contributed by atoms with Gasteiger partial charge in [-0.05, 0) is 25.9 Å². The van der Waals surface area contributed by atoms with Gasteiger partial charge in [0.1, 0.15) is 0 Å². The van der Waals surface area contributed by atoms with E-state index in [9.17, 15) is 0 Å². The van der Waals surface area contributed by atoms with Crippen LogP contribution >= 0.6 is 0 Å². The highest BCUT2D eigenvalue weighted by Crippen LogP contribution is 2.08. The van der Waals surface area contributed by atoms with Crippen LogP contribution in [-0.4, -0.2) is 13.6 Å². The maximum Gasteiger partial charge on any atom is -0.00236 e. The van der Waals surface area contributed by atoms with Crippen LogP contribution in [-0.2, 0) is 0 Å². The van der Waals surface area contributed by atoms with E-state index < -0.39 is 0 Å². The Hall–Kier alpha value is -0.0400. The zero-order valence-electron chi connectivity index (χ0n) is 8.91. The van der Waals surface area contributed by atoms with Crippen LogP contribution in [0.4, 0.5) is 0 Å². The average molecular weight is 159 g/mol. The van der Waals surface area contributed by atoms with Gasteiger partial charge < -0.3 is 5.32 Å². The molecule has 0 aromatic heterocycles. The van der Waals surface area contributed by atoms with Gasteiger partial charge in [0.25, 0.3) is 0 Å². The number of hydrogen-bond donors (Lipinski definition) is 1. The predicted molar refractivity (Wildman–Crippen MR) is 54.0 cm³/mol. The number of nitrogens with one attached hydrogen (secondary N) is 1. The Labute approximate surface area is 72.6 Å². The molecule has 11 heavy (non-hydrogen) atoms. The first-order valence-electron chi connectivity index (χ1n) is 4.99. The Bertz CT molecular complexity index is 46.8. The van der Waals surface area contributed by atoms with Crippen molar-refractivity contribution in [2.24, 2.45) is 5.92 Å². The summed E-state index contributed by atoms with van der Waals surface area (Å²) in [4.78, 5) is 0. The molecule has 0 aliphatic heterocycles. The van der Waals surface area contributed by atoms with Crippen molar-refractivity contribution in [3.8, 4) is 0 Å². The second-order valence-corrected chi connectivity index (χ2v) is 2.62. The lowest BCUT2D eigenvalue weighted by atomic mass is 10.0.